The monoisotopic (exact) mass is 485 g/mol. The lowest BCUT2D eigenvalue weighted by atomic mass is 10.00. The van der Waals surface area contributed by atoms with E-state index in [1.165, 1.54) is 0 Å². The molecule has 0 heterocycles. The summed E-state index contributed by atoms with van der Waals surface area (Å²) in [6, 6.07) is -4.13. The molecule has 0 radical (unpaired) electrons. The standard InChI is InChI=1S/C22H39N5O7/c1-12(2)9-14(11-28)25-22(34)17(10-13(3)4)27-21(33)16(6-8-19(30)31)26-20(32)15(23)5-7-18(24)29/h11-17H,5-10,23H2,1-4H3,(H2,24,29)(H,25,34)(H,26,32)(H,27,33)(H,30,31)/t14-,15-,16-,17-/m0/s1. The second-order valence-electron chi connectivity index (χ2n) is 9.18. The zero-order valence-electron chi connectivity index (χ0n) is 20.3. The zero-order valence-corrected chi connectivity index (χ0v) is 20.3. The molecule has 0 aliphatic heterocycles. The van der Waals surface area contributed by atoms with Gasteiger partial charge in [-0.2, -0.15) is 0 Å². The Morgan fingerprint density at radius 1 is 0.794 bits per heavy atom. The number of hydrogen-bond acceptors (Lipinski definition) is 7. The molecule has 12 heteroatoms. The molecule has 0 aromatic heterocycles. The molecular formula is C22H39N5O7. The van der Waals surface area contributed by atoms with Crippen molar-refractivity contribution in [1.82, 2.24) is 16.0 Å². The van der Waals surface area contributed by atoms with Gasteiger partial charge in [-0.3, -0.25) is 24.0 Å². The average Bonchev–Trinajstić information content (AvgIpc) is 2.72. The van der Waals surface area contributed by atoms with Gasteiger partial charge >= 0.3 is 5.97 Å². The molecule has 4 amide bonds. The van der Waals surface area contributed by atoms with Gasteiger partial charge in [0.05, 0.1) is 12.1 Å². The Kier molecular flexibility index (Phi) is 14.4. The number of carbonyl (C=O) groups excluding carboxylic acids is 5. The molecule has 0 rings (SSSR count). The third-order valence-electron chi connectivity index (χ3n) is 4.88. The fraction of sp³-hybridized carbons (Fsp3) is 0.727. The van der Waals surface area contributed by atoms with E-state index in [4.69, 9.17) is 16.6 Å². The molecule has 0 fully saturated rings. The summed E-state index contributed by atoms with van der Waals surface area (Å²) in [5.41, 5.74) is 10.8. The predicted octanol–water partition coefficient (Wildman–Crippen LogP) is -0.810. The minimum Gasteiger partial charge on any atom is -0.481 e. The van der Waals surface area contributed by atoms with E-state index in [0.717, 1.165) is 0 Å². The molecule has 12 nitrogen and oxygen atoms in total. The predicted molar refractivity (Wildman–Crippen MR) is 124 cm³/mol. The van der Waals surface area contributed by atoms with Crippen LogP contribution in [-0.4, -0.2) is 65.2 Å². The summed E-state index contributed by atoms with van der Waals surface area (Å²) in [7, 11) is 0. The molecule has 0 aromatic carbocycles. The minimum absolute atomic E-state index is 0.00473. The van der Waals surface area contributed by atoms with E-state index < -0.39 is 60.2 Å². The van der Waals surface area contributed by atoms with Gasteiger partial charge in [-0.15, -0.1) is 0 Å². The SMILES string of the molecule is CC(C)C[C@@H](C=O)NC(=O)[C@H](CC(C)C)NC(=O)[C@H](CCC(=O)O)NC(=O)[C@@H](N)CCC(N)=O. The molecule has 0 aliphatic carbocycles. The van der Waals surface area contributed by atoms with Crippen molar-refractivity contribution in [2.75, 3.05) is 0 Å². The van der Waals surface area contributed by atoms with Crippen molar-refractivity contribution in [3.8, 4) is 0 Å². The summed E-state index contributed by atoms with van der Waals surface area (Å²) < 4.78 is 0. The first kappa shape index (κ1) is 31.0. The average molecular weight is 486 g/mol. The normalized spacial score (nSPS) is 14.6. The highest BCUT2D eigenvalue weighted by atomic mass is 16.4. The smallest absolute Gasteiger partial charge is 0.303 e. The molecule has 0 bridgehead atoms. The quantitative estimate of drug-likeness (QED) is 0.143. The van der Waals surface area contributed by atoms with Gasteiger partial charge in [0.15, 0.2) is 0 Å². The van der Waals surface area contributed by atoms with Crippen molar-refractivity contribution in [1.29, 1.82) is 0 Å². The van der Waals surface area contributed by atoms with E-state index in [9.17, 15) is 28.8 Å². The Morgan fingerprint density at radius 3 is 1.79 bits per heavy atom. The van der Waals surface area contributed by atoms with Gasteiger partial charge in [-0.25, -0.2) is 0 Å². The van der Waals surface area contributed by atoms with E-state index in [1.807, 2.05) is 27.7 Å². The number of aldehydes is 1. The number of nitrogens with one attached hydrogen (secondary N) is 3. The second kappa shape index (κ2) is 15.8. The lowest BCUT2D eigenvalue weighted by Crippen LogP contribution is -2.57. The Labute approximate surface area is 199 Å². The lowest BCUT2D eigenvalue weighted by molar-refractivity contribution is -0.138. The molecular weight excluding hydrogens is 446 g/mol. The molecule has 8 N–H and O–H groups in total. The molecule has 0 saturated carbocycles. The summed E-state index contributed by atoms with van der Waals surface area (Å²) >= 11 is 0. The van der Waals surface area contributed by atoms with Gasteiger partial charge in [0.25, 0.3) is 0 Å². The number of amides is 4. The van der Waals surface area contributed by atoms with Crippen molar-refractivity contribution in [3.05, 3.63) is 0 Å². The minimum atomic E-state index is -1.27. The summed E-state index contributed by atoms with van der Waals surface area (Å²) in [5.74, 6) is -3.73. The number of hydrogen-bond donors (Lipinski definition) is 6. The number of aliphatic carboxylic acids is 1. The second-order valence-corrected chi connectivity index (χ2v) is 9.18. The van der Waals surface area contributed by atoms with Crippen LogP contribution in [0.2, 0.25) is 0 Å². The first-order chi connectivity index (χ1) is 15.8. The molecule has 0 aromatic rings. The Balaban J connectivity index is 5.46. The van der Waals surface area contributed by atoms with Crippen molar-refractivity contribution in [2.45, 2.75) is 90.4 Å². The first-order valence-electron chi connectivity index (χ1n) is 11.4. The number of carboxylic acid groups (broad SMARTS) is 1. The van der Waals surface area contributed by atoms with Gasteiger partial charge in [0, 0.05) is 12.8 Å². The van der Waals surface area contributed by atoms with Gasteiger partial charge in [-0.05, 0) is 37.5 Å². The topological polar surface area (TPSA) is 211 Å². The van der Waals surface area contributed by atoms with E-state index in [1.54, 1.807) is 0 Å². The van der Waals surface area contributed by atoms with Crippen LogP contribution >= 0.6 is 0 Å². The van der Waals surface area contributed by atoms with Crippen molar-refractivity contribution < 1.29 is 33.9 Å². The first-order valence-corrected chi connectivity index (χ1v) is 11.4. The number of primary amides is 1. The maximum Gasteiger partial charge on any atom is 0.303 e. The largest absolute Gasteiger partial charge is 0.481 e. The summed E-state index contributed by atoms with van der Waals surface area (Å²) in [4.78, 5) is 71.4. The maximum absolute atomic E-state index is 12.9. The van der Waals surface area contributed by atoms with E-state index in [0.29, 0.717) is 12.7 Å². The van der Waals surface area contributed by atoms with E-state index in [-0.39, 0.29) is 37.5 Å². The zero-order chi connectivity index (χ0) is 26.4. The number of rotatable bonds is 17. The lowest BCUT2D eigenvalue weighted by Gasteiger charge is -2.26. The van der Waals surface area contributed by atoms with Crippen LogP contribution in [0.25, 0.3) is 0 Å². The summed E-state index contributed by atoms with van der Waals surface area (Å²) in [6.07, 6.45) is 0.477. The molecule has 0 saturated heterocycles. The highest BCUT2D eigenvalue weighted by Crippen LogP contribution is 2.09. The van der Waals surface area contributed by atoms with E-state index in [2.05, 4.69) is 16.0 Å². The third-order valence-corrected chi connectivity index (χ3v) is 4.88. The van der Waals surface area contributed by atoms with Crippen LogP contribution in [-0.2, 0) is 28.8 Å². The Morgan fingerprint density at radius 2 is 1.32 bits per heavy atom. The molecule has 34 heavy (non-hydrogen) atoms. The molecule has 4 atom stereocenters. The summed E-state index contributed by atoms with van der Waals surface area (Å²) in [5, 5.41) is 16.6. The highest BCUT2D eigenvalue weighted by molar-refractivity contribution is 5.94. The molecule has 0 spiro atoms. The van der Waals surface area contributed by atoms with Crippen LogP contribution in [0.4, 0.5) is 0 Å². The number of carbonyl (C=O) groups is 6. The van der Waals surface area contributed by atoms with Crippen LogP contribution in [0, 0.1) is 11.8 Å². The maximum atomic E-state index is 12.9. The van der Waals surface area contributed by atoms with Crippen LogP contribution in [0.3, 0.4) is 0 Å². The van der Waals surface area contributed by atoms with Crippen LogP contribution in [0.1, 0.15) is 66.2 Å². The van der Waals surface area contributed by atoms with E-state index >= 15 is 0 Å². The molecule has 0 unspecified atom stereocenters. The Hall–Kier alpha value is -3.02. The fourth-order valence-corrected chi connectivity index (χ4v) is 3.16. The Bertz CT molecular complexity index is 726. The van der Waals surface area contributed by atoms with Gasteiger partial charge in [0.2, 0.25) is 23.6 Å². The van der Waals surface area contributed by atoms with Crippen molar-refractivity contribution in [3.63, 3.8) is 0 Å². The van der Waals surface area contributed by atoms with Crippen molar-refractivity contribution >= 4 is 35.9 Å². The number of nitrogens with two attached hydrogens (primary N) is 2. The third kappa shape index (κ3) is 13.5. The summed E-state index contributed by atoms with van der Waals surface area (Å²) in [6.45, 7) is 7.50. The van der Waals surface area contributed by atoms with Gasteiger partial charge in [-0.1, -0.05) is 27.7 Å². The highest BCUT2D eigenvalue weighted by Gasteiger charge is 2.30. The van der Waals surface area contributed by atoms with Crippen LogP contribution in [0.5, 0.6) is 0 Å². The van der Waals surface area contributed by atoms with Crippen molar-refractivity contribution in [2.24, 2.45) is 23.3 Å². The molecule has 194 valence electrons. The number of carboxylic acids is 1. The molecule has 0 aliphatic rings. The van der Waals surface area contributed by atoms with Crippen LogP contribution in [0.15, 0.2) is 0 Å². The van der Waals surface area contributed by atoms with Gasteiger partial charge in [0.1, 0.15) is 18.4 Å². The van der Waals surface area contributed by atoms with Crippen LogP contribution < -0.4 is 27.4 Å². The fourth-order valence-electron chi connectivity index (χ4n) is 3.16. The van der Waals surface area contributed by atoms with Gasteiger partial charge < -0.3 is 37.3 Å².